The number of fused-ring (bicyclic) bond motifs is 5. The molecular weight excluding hydrogens is 1190 g/mol. The van der Waals surface area contributed by atoms with E-state index in [0.717, 1.165) is 44.9 Å². The van der Waals surface area contributed by atoms with Gasteiger partial charge in [0.05, 0.1) is 92.7 Å². The molecule has 4 aromatic heterocycles. The molecule has 0 saturated carbocycles. The summed E-state index contributed by atoms with van der Waals surface area (Å²) in [6.45, 7) is 8.13. The van der Waals surface area contributed by atoms with Gasteiger partial charge in [0, 0.05) is 60.7 Å². The highest BCUT2D eigenvalue weighted by atomic mass is 16.3. The van der Waals surface area contributed by atoms with E-state index in [9.17, 15) is 20.4 Å². The van der Waals surface area contributed by atoms with E-state index >= 15 is 0 Å². The van der Waals surface area contributed by atoms with Crippen LogP contribution < -0.4 is 18.7 Å². The fourth-order valence-corrected chi connectivity index (χ4v) is 12.5. The van der Waals surface area contributed by atoms with Crippen molar-refractivity contribution >= 4 is 57.4 Å². The molecule has 4 atom stereocenters. The minimum absolute atomic E-state index is 0.0382. The van der Waals surface area contributed by atoms with Gasteiger partial charge in [-0.05, 0) is 116 Å². The molecule has 6 N–H and O–H groups in total. The lowest BCUT2D eigenvalue weighted by atomic mass is 10.00. The molecule has 0 spiro atoms. The number of aromatic amines is 1. The molecule has 0 amide bonds. The molecule has 16 nitrogen and oxygen atoms in total. The number of allylic oxidation sites excluding steroid dienone is 11. The first-order chi connectivity index (χ1) is 46.9. The third-order valence-corrected chi connectivity index (χ3v) is 17.3. The highest BCUT2D eigenvalue weighted by molar-refractivity contribution is 6.36. The van der Waals surface area contributed by atoms with Crippen LogP contribution >= 0.6 is 0 Å². The molecule has 8 aromatic rings. The molecule has 4 unspecified atom stereocenters. The van der Waals surface area contributed by atoms with Gasteiger partial charge in [-0.15, -0.1) is 0 Å². The van der Waals surface area contributed by atoms with E-state index in [1.165, 1.54) is 0 Å². The van der Waals surface area contributed by atoms with Gasteiger partial charge in [0.25, 0.3) is 6.54 Å². The van der Waals surface area contributed by atoms with Crippen LogP contribution in [0.25, 0.3) is 16.7 Å². The Balaban J connectivity index is 1.03. The van der Waals surface area contributed by atoms with Gasteiger partial charge < -0.3 is 30.3 Å². The van der Waals surface area contributed by atoms with Crippen molar-refractivity contribution in [1.82, 2.24) is 9.88 Å². The van der Waals surface area contributed by atoms with E-state index in [1.807, 2.05) is 314 Å². The van der Waals surface area contributed by atoms with E-state index in [2.05, 4.69) is 9.98 Å². The van der Waals surface area contributed by atoms with E-state index in [-0.39, 0.29) is 73.9 Å². The lowest BCUT2D eigenvalue weighted by Crippen LogP contribution is -2.75. The Morgan fingerprint density at radius 2 is 0.802 bits per heavy atom. The van der Waals surface area contributed by atoms with Crippen molar-refractivity contribution in [3.05, 3.63) is 347 Å². The van der Waals surface area contributed by atoms with E-state index in [4.69, 9.17) is 30.0 Å². The summed E-state index contributed by atoms with van der Waals surface area (Å²) in [5.41, 5.74) is 14.6. The molecule has 474 valence electrons. The summed E-state index contributed by atoms with van der Waals surface area (Å²) in [5.74, 6) is -0.102. The van der Waals surface area contributed by atoms with E-state index in [1.54, 1.807) is 0 Å². The van der Waals surface area contributed by atoms with Crippen molar-refractivity contribution in [2.45, 2.75) is 71.5 Å². The minimum Gasteiger partial charge on any atom is -0.495 e. The monoisotopic (exact) mass is 1270 g/mol. The number of pyridine rings is 3. The number of aliphatic hydroxyl groups excluding tert-OH is 4. The molecule has 16 heteroatoms. The fourth-order valence-electron chi connectivity index (χ4n) is 12.5. The number of aliphatic hydroxyl groups is 4. The van der Waals surface area contributed by atoms with Crippen molar-refractivity contribution in [3.8, 4) is 0 Å². The Kier molecular flexibility index (Phi) is 18.6. The van der Waals surface area contributed by atoms with Crippen molar-refractivity contribution in [2.24, 2.45) is 30.0 Å². The smallest absolute Gasteiger partial charge is 0.400 e. The van der Waals surface area contributed by atoms with Crippen molar-refractivity contribution < 1.29 is 39.1 Å². The van der Waals surface area contributed by atoms with E-state index < -0.39 is 0 Å². The highest BCUT2D eigenvalue weighted by Gasteiger charge is 2.35. The zero-order valence-electron chi connectivity index (χ0n) is 53.8. The Bertz CT molecular complexity index is 4810. The van der Waals surface area contributed by atoms with Gasteiger partial charge >= 0.3 is 5.90 Å². The number of nitrogens with one attached hydrogen (secondary N) is 2. The van der Waals surface area contributed by atoms with Crippen LogP contribution in [0.5, 0.6) is 0 Å². The highest BCUT2D eigenvalue weighted by Crippen LogP contribution is 2.38. The topological polar surface area (TPSA) is 200 Å². The molecule has 8 bridgehead atoms. The molecule has 0 radical (unpaired) electrons. The maximum Gasteiger partial charge on any atom is 0.400 e. The predicted molar refractivity (Wildman–Crippen MR) is 380 cm³/mol. The van der Waals surface area contributed by atoms with Crippen LogP contribution in [0.4, 0.5) is 0 Å². The largest absolute Gasteiger partial charge is 0.495 e. The number of rotatable bonds is 19. The lowest BCUT2D eigenvalue weighted by Gasteiger charge is -2.26. The summed E-state index contributed by atoms with van der Waals surface area (Å²) in [4.78, 5) is 40.4. The van der Waals surface area contributed by atoms with Crippen LogP contribution in [0.15, 0.2) is 326 Å². The molecule has 5 aliphatic rings. The maximum absolute atomic E-state index is 11.9. The maximum atomic E-state index is 11.9. The first-order valence-corrected chi connectivity index (χ1v) is 32.2. The summed E-state index contributed by atoms with van der Waals surface area (Å²) < 4.78 is 5.94. The SMILES string of the molecule is CC(N=C(O)CN1C=CC=CC1=C1C2=NC(=C(c3cccc[n+]3CC(O)=[NH+]C(C)c3ccccc3)C3=NC(=C(c4cccc[n+]4CC(O)=NC(C)c4ccccc4)c4ccc([nH]4)C(c4cccc[n+]4CC(O)=NC(C)c4ccccc4)=C4C=CC1=N4)C=C3)C=C2)c1ccccc1. The van der Waals surface area contributed by atoms with E-state index in [0.29, 0.717) is 68.0 Å². The molecule has 13 rings (SSSR count). The quantitative estimate of drug-likeness (QED) is 0.0265. The number of hydrogen-bond donors (Lipinski definition) is 6. The Morgan fingerprint density at radius 1 is 0.417 bits per heavy atom. The summed E-state index contributed by atoms with van der Waals surface area (Å²) in [5, 5.41) is 47.4. The van der Waals surface area contributed by atoms with Gasteiger partial charge in [0.2, 0.25) is 47.9 Å². The van der Waals surface area contributed by atoms with Gasteiger partial charge in [-0.1, -0.05) is 127 Å². The summed E-state index contributed by atoms with van der Waals surface area (Å²) in [6, 6.07) is 60.4. The van der Waals surface area contributed by atoms with Crippen LogP contribution in [0, 0.1) is 0 Å². The Morgan fingerprint density at radius 3 is 1.26 bits per heavy atom. The molecule has 5 aliphatic heterocycles. The van der Waals surface area contributed by atoms with Gasteiger partial charge in [0.15, 0.2) is 24.6 Å². The van der Waals surface area contributed by atoms with Crippen molar-refractivity contribution in [3.63, 3.8) is 0 Å². The minimum atomic E-state index is -0.316. The number of aromatic nitrogens is 4. The van der Waals surface area contributed by atoms with Gasteiger partial charge in [-0.3, -0.25) is 0 Å². The van der Waals surface area contributed by atoms with Crippen molar-refractivity contribution in [1.29, 1.82) is 0 Å². The molecule has 0 saturated heterocycles. The molecular formula is C80H74N12O4+4. The van der Waals surface area contributed by atoms with Gasteiger partial charge in [0.1, 0.15) is 0 Å². The normalized spacial score (nSPS) is 17.7. The third-order valence-electron chi connectivity index (χ3n) is 17.3. The molecule has 96 heavy (non-hydrogen) atoms. The predicted octanol–water partition coefficient (Wildman–Crippen LogP) is 12.4. The zero-order valence-corrected chi connectivity index (χ0v) is 53.8. The second-order valence-electron chi connectivity index (χ2n) is 23.9. The molecule has 9 heterocycles. The van der Waals surface area contributed by atoms with Gasteiger partial charge in [-0.2, -0.15) is 13.7 Å². The Hall–Kier alpha value is -12.0. The first kappa shape index (κ1) is 62.8. The van der Waals surface area contributed by atoms with Crippen molar-refractivity contribution in [2.75, 3.05) is 6.54 Å². The average Bonchev–Trinajstić information content (AvgIpc) is 1.58. The summed E-state index contributed by atoms with van der Waals surface area (Å²) in [7, 11) is 0. The van der Waals surface area contributed by atoms with Gasteiger partial charge in [-0.25, -0.2) is 34.9 Å². The fraction of sp³-hybridized carbons (Fsp3) is 0.150. The zero-order chi connectivity index (χ0) is 66.1. The summed E-state index contributed by atoms with van der Waals surface area (Å²) in [6.07, 6.45) is 25.6. The van der Waals surface area contributed by atoms with Crippen LogP contribution in [0.2, 0.25) is 0 Å². The van der Waals surface area contributed by atoms with Crippen LogP contribution in [-0.2, 0) is 19.6 Å². The third kappa shape index (κ3) is 14.0. The standard InChI is InChI=1S/C80H70N12O4/c1-53(57-25-9-5-10-26-57)81-73(93)49-89-45-21-17-33-69(89)77-61-37-39-63(85-61)78(70-34-18-22-46-90(70)50-74(94)82-54(2)58-27-11-6-12-28-58)65-41-43-67(87-65)80(72-36-20-24-48-92(72)52-76(96)84-56(4)60-31-15-8-16-32-60)68-44-42-66(88-68)79(64-40-38-62(77)86-64)71-35-19-23-47-91(71)51-75(95)83-55(3)59-29-13-7-14-30-59/h5-48,53-56H,49-52H2,1-4H3,(H2-3,81,82,83,84,85,86,87,88,93,94,95,96)/p+4. The summed E-state index contributed by atoms with van der Waals surface area (Å²) >= 11 is 0. The molecule has 4 aromatic carbocycles. The first-order valence-electron chi connectivity index (χ1n) is 32.2. The number of benzene rings is 4. The van der Waals surface area contributed by atoms with Crippen LogP contribution in [0.1, 0.15) is 103 Å². The number of aliphatic imine (C=N–C) groups is 6. The Labute approximate surface area is 558 Å². The second-order valence-corrected chi connectivity index (χ2v) is 23.9. The second kappa shape index (κ2) is 28.4. The lowest BCUT2D eigenvalue weighted by molar-refractivity contribution is -0.693. The number of H-pyrrole nitrogens is 1. The number of hydrogen-bond acceptors (Lipinski definition) is 7. The number of nitrogens with zero attached hydrogens (tertiary/aromatic N) is 10. The molecule has 0 aliphatic carbocycles. The average molecular weight is 1270 g/mol. The van der Waals surface area contributed by atoms with Crippen LogP contribution in [0.3, 0.4) is 0 Å². The van der Waals surface area contributed by atoms with Crippen LogP contribution in [-0.4, -0.2) is 77.6 Å². The molecule has 0 fully saturated rings.